The van der Waals surface area contributed by atoms with Crippen molar-refractivity contribution >= 4 is 78.6 Å². The number of nitrogens with one attached hydrogen (secondary N) is 1. The van der Waals surface area contributed by atoms with Gasteiger partial charge in [-0.05, 0) is 87.5 Å². The first-order valence-corrected chi connectivity index (χ1v) is 14.1. The Morgan fingerprint density at radius 3 is 2.31 bits per heavy atom. The Balaban J connectivity index is 1.57. The number of esters is 1. The summed E-state index contributed by atoms with van der Waals surface area (Å²) < 4.78 is 14.2. The smallest absolute Gasteiger partial charge is 0.336 e. The number of Topliss-reactive ketones (excluding diaryl/α,β-unsaturated/α-hetero) is 1. The third kappa shape index (κ3) is 4.51. The fourth-order valence-corrected chi connectivity index (χ4v) is 7.06. The lowest BCUT2D eigenvalue weighted by atomic mass is 9.80. The Bertz CT molecular complexity index is 1450. The molecule has 0 bridgehead atoms. The molecule has 1 aliphatic carbocycles. The van der Waals surface area contributed by atoms with Crippen LogP contribution in [0.1, 0.15) is 39.9 Å². The van der Waals surface area contributed by atoms with Crippen LogP contribution in [0.25, 0.3) is 5.70 Å². The molecule has 1 N–H and O–H groups in total. The van der Waals surface area contributed by atoms with E-state index in [2.05, 4.69) is 66.4 Å². The van der Waals surface area contributed by atoms with Gasteiger partial charge in [0.1, 0.15) is 12.4 Å². The maximum absolute atomic E-state index is 13.6. The van der Waals surface area contributed by atoms with Gasteiger partial charge in [-0.2, -0.15) is 0 Å². The van der Waals surface area contributed by atoms with E-state index in [0.29, 0.717) is 29.0 Å². The van der Waals surface area contributed by atoms with E-state index in [1.54, 1.807) is 0 Å². The molecule has 3 aromatic carbocycles. The van der Waals surface area contributed by atoms with E-state index >= 15 is 0 Å². The van der Waals surface area contributed by atoms with Crippen molar-refractivity contribution in [3.8, 4) is 5.75 Å². The molecule has 0 radical (unpaired) electrons. The highest BCUT2D eigenvalue weighted by atomic mass is 127. The van der Waals surface area contributed by atoms with Crippen molar-refractivity contribution < 1.29 is 19.1 Å². The lowest BCUT2D eigenvalue weighted by molar-refractivity contribution is -0.136. The number of ether oxygens (including phenoxy) is 2. The molecule has 0 saturated heterocycles. The highest BCUT2D eigenvalue weighted by Crippen LogP contribution is 2.48. The van der Waals surface area contributed by atoms with Crippen LogP contribution in [0.4, 0.5) is 0 Å². The van der Waals surface area contributed by atoms with Crippen molar-refractivity contribution in [2.75, 3.05) is 7.11 Å². The summed E-state index contributed by atoms with van der Waals surface area (Å²) in [6, 6.07) is 19.5. The molecule has 0 spiro atoms. The Hall–Kier alpha value is -2.18. The zero-order chi connectivity index (χ0) is 25.6. The molecule has 5 nitrogen and oxygen atoms in total. The molecule has 8 heteroatoms. The molecule has 5 rings (SSSR count). The van der Waals surface area contributed by atoms with Gasteiger partial charge >= 0.3 is 5.97 Å². The number of hydrogen-bond acceptors (Lipinski definition) is 5. The Kier molecular flexibility index (Phi) is 7.28. The molecule has 1 aliphatic heterocycles. The van der Waals surface area contributed by atoms with E-state index in [9.17, 15) is 9.59 Å². The number of methoxy groups -OCH3 is 1. The lowest BCUT2D eigenvalue weighted by Crippen LogP contribution is -2.29. The van der Waals surface area contributed by atoms with E-state index in [4.69, 9.17) is 9.47 Å². The number of dihydropyridines is 1. The zero-order valence-corrected chi connectivity index (χ0v) is 25.2. The average molecular weight is 768 g/mol. The predicted molar refractivity (Wildman–Crippen MR) is 159 cm³/mol. The molecular formula is C28H20BrI2NO4. The zero-order valence-electron chi connectivity index (χ0n) is 19.3. The van der Waals surface area contributed by atoms with Crippen LogP contribution in [0.5, 0.6) is 5.75 Å². The molecule has 0 amide bonds. The minimum absolute atomic E-state index is 0.0763. The monoisotopic (exact) mass is 767 g/mol. The number of fused-ring (bicyclic) bond motifs is 2. The van der Waals surface area contributed by atoms with Gasteiger partial charge in [-0.1, -0.05) is 52.3 Å². The number of rotatable bonds is 5. The summed E-state index contributed by atoms with van der Waals surface area (Å²) in [5, 5.41) is 3.32. The second kappa shape index (κ2) is 10.3. The van der Waals surface area contributed by atoms with E-state index in [-0.39, 0.29) is 5.78 Å². The topological polar surface area (TPSA) is 64.6 Å². The largest absolute Gasteiger partial charge is 0.487 e. The molecule has 36 heavy (non-hydrogen) atoms. The van der Waals surface area contributed by atoms with Crippen LogP contribution in [-0.2, 0) is 16.1 Å². The van der Waals surface area contributed by atoms with Gasteiger partial charge in [0.15, 0.2) is 5.78 Å². The van der Waals surface area contributed by atoms with Crippen molar-refractivity contribution in [3.63, 3.8) is 0 Å². The molecule has 0 aromatic heterocycles. The van der Waals surface area contributed by atoms with Crippen molar-refractivity contribution in [2.24, 2.45) is 0 Å². The normalized spacial score (nSPS) is 16.5. The molecule has 0 unspecified atom stereocenters. The number of ketones is 1. The van der Waals surface area contributed by atoms with Gasteiger partial charge in [0, 0.05) is 32.8 Å². The molecule has 3 aromatic rings. The summed E-state index contributed by atoms with van der Waals surface area (Å²) in [5.74, 6) is -0.322. The number of halogens is 3. The first kappa shape index (κ1) is 25.5. The second-order valence-electron chi connectivity index (χ2n) is 8.48. The van der Waals surface area contributed by atoms with E-state index < -0.39 is 11.9 Å². The SMILES string of the molecule is COC(=O)C1=C(C)NC2=C(C(=O)c3ccccc32)[C@@H]1c1cc(I)c(OCc2ccc(Br)cc2)c(I)c1. The van der Waals surface area contributed by atoms with Gasteiger partial charge in [-0.3, -0.25) is 4.79 Å². The first-order valence-electron chi connectivity index (χ1n) is 11.1. The lowest BCUT2D eigenvalue weighted by Gasteiger charge is -2.29. The maximum atomic E-state index is 13.6. The predicted octanol–water partition coefficient (Wildman–Crippen LogP) is 6.98. The van der Waals surface area contributed by atoms with E-state index in [1.165, 1.54) is 7.11 Å². The molecule has 1 atom stereocenters. The van der Waals surface area contributed by atoms with Gasteiger partial charge in [-0.15, -0.1) is 0 Å². The quantitative estimate of drug-likeness (QED) is 0.225. The van der Waals surface area contributed by atoms with Gasteiger partial charge in [0.2, 0.25) is 0 Å². The standard InChI is InChI=1S/C28H20BrI2NO4/c1-14-22(28(34)35-2)23(24-25(32-14)18-5-3-4-6-19(18)26(24)33)16-11-20(30)27(21(31)12-16)36-13-15-7-9-17(29)10-8-15/h3-12,23,32H,13H2,1-2H3/t23-/m1/s1. The van der Waals surface area contributed by atoms with Crippen LogP contribution in [0.3, 0.4) is 0 Å². The molecular weight excluding hydrogens is 748 g/mol. The van der Waals surface area contributed by atoms with Crippen molar-refractivity contribution in [1.82, 2.24) is 5.32 Å². The molecule has 182 valence electrons. The van der Waals surface area contributed by atoms with E-state index in [0.717, 1.165) is 39.7 Å². The minimum Gasteiger partial charge on any atom is -0.487 e. The molecule has 2 aliphatic rings. The number of hydrogen-bond donors (Lipinski definition) is 1. The molecule has 1 heterocycles. The minimum atomic E-state index is -0.559. The highest BCUT2D eigenvalue weighted by Gasteiger charge is 2.43. The van der Waals surface area contributed by atoms with Crippen LogP contribution in [0, 0.1) is 7.14 Å². The summed E-state index contributed by atoms with van der Waals surface area (Å²) >= 11 is 7.96. The Morgan fingerprint density at radius 1 is 1.03 bits per heavy atom. The van der Waals surface area contributed by atoms with Gasteiger partial charge < -0.3 is 14.8 Å². The summed E-state index contributed by atoms with van der Waals surface area (Å²) in [4.78, 5) is 26.6. The van der Waals surface area contributed by atoms with Crippen LogP contribution < -0.4 is 10.1 Å². The number of allylic oxidation sites excluding steroid dienone is 2. The van der Waals surface area contributed by atoms with Crippen LogP contribution >= 0.6 is 61.1 Å². The van der Waals surface area contributed by atoms with E-state index in [1.807, 2.05) is 67.6 Å². The number of carbonyl (C=O) groups excluding carboxylic acids is 2. The number of benzene rings is 3. The maximum Gasteiger partial charge on any atom is 0.336 e. The van der Waals surface area contributed by atoms with Gasteiger partial charge in [0.05, 0.1) is 25.5 Å². The summed E-state index contributed by atoms with van der Waals surface area (Å²) in [7, 11) is 1.36. The summed E-state index contributed by atoms with van der Waals surface area (Å²) in [5.41, 5.74) is 5.83. The molecule has 0 saturated carbocycles. The van der Waals surface area contributed by atoms with Crippen LogP contribution in [0.15, 0.2) is 82.0 Å². The molecule has 0 fully saturated rings. The third-order valence-electron chi connectivity index (χ3n) is 6.30. The first-order chi connectivity index (χ1) is 17.3. The number of carbonyl (C=O) groups is 2. The summed E-state index contributed by atoms with van der Waals surface area (Å²) in [6.45, 7) is 2.28. The van der Waals surface area contributed by atoms with Crippen molar-refractivity contribution in [3.05, 3.63) is 111 Å². The highest BCUT2D eigenvalue weighted by molar-refractivity contribution is 14.1. The van der Waals surface area contributed by atoms with Crippen molar-refractivity contribution in [2.45, 2.75) is 19.4 Å². The summed E-state index contributed by atoms with van der Waals surface area (Å²) in [6.07, 6.45) is 0. The van der Waals surface area contributed by atoms with Gasteiger partial charge in [0.25, 0.3) is 0 Å². The van der Waals surface area contributed by atoms with Crippen LogP contribution in [0.2, 0.25) is 0 Å². The fourth-order valence-electron chi connectivity index (χ4n) is 4.66. The second-order valence-corrected chi connectivity index (χ2v) is 11.7. The van der Waals surface area contributed by atoms with Crippen LogP contribution in [-0.4, -0.2) is 18.9 Å². The fraction of sp³-hybridized carbons (Fsp3) is 0.143. The third-order valence-corrected chi connectivity index (χ3v) is 8.44. The Labute approximate surface area is 244 Å². The van der Waals surface area contributed by atoms with Crippen molar-refractivity contribution in [1.29, 1.82) is 0 Å². The average Bonchev–Trinajstić information content (AvgIpc) is 3.14. The van der Waals surface area contributed by atoms with Gasteiger partial charge in [-0.25, -0.2) is 4.79 Å². The Morgan fingerprint density at radius 2 is 1.67 bits per heavy atom.